The van der Waals surface area contributed by atoms with Gasteiger partial charge in [0.1, 0.15) is 5.60 Å². The molecular formula is C13H25N3O4. The minimum absolute atomic E-state index is 0.0833. The van der Waals surface area contributed by atoms with Crippen molar-refractivity contribution in [3.05, 3.63) is 0 Å². The van der Waals surface area contributed by atoms with E-state index in [1.807, 2.05) is 0 Å². The van der Waals surface area contributed by atoms with Gasteiger partial charge in [-0.3, -0.25) is 4.79 Å². The number of carbonyl (C=O) groups excluding carboxylic acids is 2. The van der Waals surface area contributed by atoms with E-state index < -0.39 is 11.7 Å². The normalized spacial score (nSPS) is 22.8. The van der Waals surface area contributed by atoms with Crippen molar-refractivity contribution < 1.29 is 19.4 Å². The maximum Gasteiger partial charge on any atom is 0.407 e. The Hall–Kier alpha value is -1.34. The molecule has 1 saturated heterocycles. The van der Waals surface area contributed by atoms with Crippen LogP contribution in [0, 0.1) is 0 Å². The minimum atomic E-state index is -0.555. The number of amides is 2. The third-order valence-electron chi connectivity index (χ3n) is 2.99. The molecule has 3 N–H and O–H groups in total. The number of rotatable bonds is 4. The van der Waals surface area contributed by atoms with Crippen molar-refractivity contribution in [3.8, 4) is 0 Å². The Bertz CT molecular complexity index is 354. The molecule has 1 aliphatic rings. The smallest absolute Gasteiger partial charge is 0.407 e. The number of hydrogen-bond donors (Lipinski definition) is 3. The summed E-state index contributed by atoms with van der Waals surface area (Å²) in [5.74, 6) is -0.0833. The van der Waals surface area contributed by atoms with Gasteiger partial charge in [0.05, 0.1) is 25.2 Å². The fraction of sp³-hybridized carbons (Fsp3) is 0.846. The average molecular weight is 287 g/mol. The molecule has 0 aromatic carbocycles. The number of carbonyl (C=O) groups is 2. The van der Waals surface area contributed by atoms with Crippen LogP contribution in [-0.4, -0.2) is 66.4 Å². The Morgan fingerprint density at radius 3 is 2.55 bits per heavy atom. The Labute approximate surface area is 119 Å². The molecule has 7 heteroatoms. The number of alkyl carbamates (subject to hydrolysis) is 1. The molecule has 0 aromatic rings. The summed E-state index contributed by atoms with van der Waals surface area (Å²) < 4.78 is 5.18. The number of aliphatic hydroxyl groups excluding tert-OH is 1. The SMILES string of the molecule is CNCC(=O)N1C[C@H](NC(=O)OC(C)(C)C)C[C@H]1CO. The van der Waals surface area contributed by atoms with Gasteiger partial charge >= 0.3 is 6.09 Å². The highest BCUT2D eigenvalue weighted by molar-refractivity contribution is 5.79. The molecule has 0 bridgehead atoms. The van der Waals surface area contributed by atoms with Crippen molar-refractivity contribution in [1.29, 1.82) is 0 Å². The molecule has 2 amide bonds. The quantitative estimate of drug-likeness (QED) is 0.660. The van der Waals surface area contributed by atoms with Crippen LogP contribution < -0.4 is 10.6 Å². The third-order valence-corrected chi connectivity index (χ3v) is 2.99. The van der Waals surface area contributed by atoms with E-state index in [1.54, 1.807) is 32.7 Å². The minimum Gasteiger partial charge on any atom is -0.444 e. The predicted octanol–water partition coefficient (Wildman–Crippen LogP) is -0.308. The summed E-state index contributed by atoms with van der Waals surface area (Å²) in [6.45, 7) is 5.88. The van der Waals surface area contributed by atoms with E-state index in [1.165, 1.54) is 0 Å². The molecular weight excluding hydrogens is 262 g/mol. The molecule has 1 heterocycles. The van der Waals surface area contributed by atoms with Crippen LogP contribution in [0.15, 0.2) is 0 Å². The average Bonchev–Trinajstić information content (AvgIpc) is 2.69. The van der Waals surface area contributed by atoms with E-state index >= 15 is 0 Å². The summed E-state index contributed by atoms with van der Waals surface area (Å²) in [6, 6.07) is -0.446. The van der Waals surface area contributed by atoms with Gasteiger partial charge in [0.25, 0.3) is 0 Å². The van der Waals surface area contributed by atoms with Crippen molar-refractivity contribution in [2.75, 3.05) is 26.7 Å². The molecule has 0 saturated carbocycles. The van der Waals surface area contributed by atoms with Crippen molar-refractivity contribution in [2.45, 2.75) is 44.9 Å². The standard InChI is InChI=1S/C13H25N3O4/c1-13(2,3)20-12(19)15-9-5-10(8-17)16(7-9)11(18)6-14-4/h9-10,14,17H,5-8H2,1-4H3,(H,15,19)/t9-,10+/m1/s1. The van der Waals surface area contributed by atoms with E-state index in [2.05, 4.69) is 10.6 Å². The van der Waals surface area contributed by atoms with E-state index in [-0.39, 0.29) is 31.1 Å². The molecule has 0 aromatic heterocycles. The summed E-state index contributed by atoms with van der Waals surface area (Å²) in [5.41, 5.74) is -0.555. The lowest BCUT2D eigenvalue weighted by Crippen LogP contribution is -2.44. The number of likely N-dealkylation sites (tertiary alicyclic amines) is 1. The molecule has 0 unspecified atom stereocenters. The Balaban J connectivity index is 2.54. The highest BCUT2D eigenvalue weighted by Crippen LogP contribution is 2.18. The largest absolute Gasteiger partial charge is 0.444 e. The van der Waals surface area contributed by atoms with E-state index in [4.69, 9.17) is 4.74 Å². The van der Waals surface area contributed by atoms with Crippen LogP contribution in [0.25, 0.3) is 0 Å². The second-order valence-corrected chi connectivity index (χ2v) is 5.99. The van der Waals surface area contributed by atoms with Gasteiger partial charge in [0, 0.05) is 6.54 Å². The fourth-order valence-electron chi connectivity index (χ4n) is 2.23. The number of likely N-dealkylation sites (N-methyl/N-ethyl adjacent to an activating group) is 1. The van der Waals surface area contributed by atoms with Gasteiger partial charge in [0.2, 0.25) is 5.91 Å². The topological polar surface area (TPSA) is 90.9 Å². The zero-order valence-electron chi connectivity index (χ0n) is 12.6. The first-order chi connectivity index (χ1) is 9.26. The fourth-order valence-corrected chi connectivity index (χ4v) is 2.23. The van der Waals surface area contributed by atoms with Gasteiger partial charge < -0.3 is 25.4 Å². The number of hydrogen-bond acceptors (Lipinski definition) is 5. The Kier molecular flexibility index (Phi) is 5.76. The van der Waals surface area contributed by atoms with Gasteiger partial charge in [-0.15, -0.1) is 0 Å². The lowest BCUT2D eigenvalue weighted by Gasteiger charge is -2.23. The molecule has 0 aliphatic carbocycles. The van der Waals surface area contributed by atoms with Crippen molar-refractivity contribution in [1.82, 2.24) is 15.5 Å². The van der Waals surface area contributed by atoms with Gasteiger partial charge in [-0.2, -0.15) is 0 Å². The highest BCUT2D eigenvalue weighted by Gasteiger charge is 2.35. The maximum absolute atomic E-state index is 11.9. The highest BCUT2D eigenvalue weighted by atomic mass is 16.6. The lowest BCUT2D eigenvalue weighted by molar-refractivity contribution is -0.131. The Morgan fingerprint density at radius 1 is 1.40 bits per heavy atom. The van der Waals surface area contributed by atoms with Crippen LogP contribution in [-0.2, 0) is 9.53 Å². The van der Waals surface area contributed by atoms with E-state index in [0.717, 1.165) is 0 Å². The zero-order valence-corrected chi connectivity index (χ0v) is 12.6. The Morgan fingerprint density at radius 2 is 2.05 bits per heavy atom. The first kappa shape index (κ1) is 16.7. The molecule has 1 rings (SSSR count). The van der Waals surface area contributed by atoms with Crippen LogP contribution in [0.5, 0.6) is 0 Å². The lowest BCUT2D eigenvalue weighted by atomic mass is 10.2. The molecule has 2 atom stereocenters. The van der Waals surface area contributed by atoms with E-state index in [0.29, 0.717) is 13.0 Å². The molecule has 0 radical (unpaired) electrons. The van der Waals surface area contributed by atoms with E-state index in [9.17, 15) is 14.7 Å². The van der Waals surface area contributed by atoms with Gasteiger partial charge in [-0.1, -0.05) is 0 Å². The van der Waals surface area contributed by atoms with Crippen molar-refractivity contribution >= 4 is 12.0 Å². The second-order valence-electron chi connectivity index (χ2n) is 5.99. The van der Waals surface area contributed by atoms with Crippen LogP contribution in [0.1, 0.15) is 27.2 Å². The third kappa shape index (κ3) is 4.97. The summed E-state index contributed by atoms with van der Waals surface area (Å²) in [4.78, 5) is 25.2. The van der Waals surface area contributed by atoms with Gasteiger partial charge in [0.15, 0.2) is 0 Å². The van der Waals surface area contributed by atoms with Crippen LogP contribution >= 0.6 is 0 Å². The molecule has 7 nitrogen and oxygen atoms in total. The van der Waals surface area contributed by atoms with Gasteiger partial charge in [-0.25, -0.2) is 4.79 Å². The van der Waals surface area contributed by atoms with Crippen molar-refractivity contribution in [2.24, 2.45) is 0 Å². The molecule has 1 fully saturated rings. The summed E-state index contributed by atoms with van der Waals surface area (Å²) in [7, 11) is 1.69. The predicted molar refractivity (Wildman–Crippen MR) is 74.3 cm³/mol. The summed E-state index contributed by atoms with van der Waals surface area (Å²) in [5, 5.41) is 14.9. The molecule has 116 valence electrons. The molecule has 0 spiro atoms. The van der Waals surface area contributed by atoms with Crippen LogP contribution in [0.2, 0.25) is 0 Å². The molecule has 1 aliphatic heterocycles. The number of ether oxygens (including phenoxy) is 1. The van der Waals surface area contributed by atoms with Crippen LogP contribution in [0.4, 0.5) is 4.79 Å². The monoisotopic (exact) mass is 287 g/mol. The summed E-state index contributed by atoms with van der Waals surface area (Å²) in [6.07, 6.45) is 0.0349. The number of nitrogens with one attached hydrogen (secondary N) is 2. The van der Waals surface area contributed by atoms with Crippen molar-refractivity contribution in [3.63, 3.8) is 0 Å². The summed E-state index contributed by atoms with van der Waals surface area (Å²) >= 11 is 0. The number of aliphatic hydroxyl groups is 1. The van der Waals surface area contributed by atoms with Crippen LogP contribution in [0.3, 0.4) is 0 Å². The maximum atomic E-state index is 11.9. The second kappa shape index (κ2) is 6.90. The first-order valence-electron chi connectivity index (χ1n) is 6.81. The first-order valence-corrected chi connectivity index (χ1v) is 6.81. The van der Waals surface area contributed by atoms with Gasteiger partial charge in [-0.05, 0) is 34.2 Å². The zero-order chi connectivity index (χ0) is 15.3. The molecule has 20 heavy (non-hydrogen) atoms. The number of nitrogens with zero attached hydrogens (tertiary/aromatic N) is 1.